The van der Waals surface area contributed by atoms with Crippen LogP contribution in [0.1, 0.15) is 91.4 Å². The lowest BCUT2D eigenvalue weighted by Gasteiger charge is -2.26. The molecule has 0 amide bonds. The Morgan fingerprint density at radius 3 is 1.38 bits per heavy atom. The van der Waals surface area contributed by atoms with E-state index >= 15 is 0 Å². The van der Waals surface area contributed by atoms with Crippen LogP contribution in [0.2, 0.25) is 0 Å². The van der Waals surface area contributed by atoms with Crippen molar-refractivity contribution < 1.29 is 38.7 Å². The summed E-state index contributed by atoms with van der Waals surface area (Å²) in [7, 11) is 0. The minimum absolute atomic E-state index is 0.106. The summed E-state index contributed by atoms with van der Waals surface area (Å²) in [4.78, 5) is 41.3. The predicted molar refractivity (Wildman–Crippen MR) is 107 cm³/mol. The number of carbonyl (C=O) groups excluding carboxylic acids is 3. The average Bonchev–Trinajstić information content (AvgIpc) is 2.71. The summed E-state index contributed by atoms with van der Waals surface area (Å²) in [5, 5.41) is 9.45. The van der Waals surface area contributed by atoms with Crippen LogP contribution in [0.25, 0.3) is 0 Å². The van der Waals surface area contributed by atoms with E-state index in [1.807, 2.05) is 20.8 Å². The summed E-state index contributed by atoms with van der Waals surface area (Å²) in [5.41, 5.74) is -2.17. The first kappa shape index (κ1) is 27.3. The van der Waals surface area contributed by atoms with E-state index in [9.17, 15) is 19.6 Å². The fourth-order valence-electron chi connectivity index (χ4n) is 2.60. The van der Waals surface area contributed by atoms with E-state index in [-0.39, 0.29) is 19.8 Å². The molecule has 0 radical (unpaired) electrons. The molecule has 0 saturated heterocycles. The van der Waals surface area contributed by atoms with Gasteiger partial charge in [-0.15, -0.1) is 0 Å². The number of unbranched alkanes of at least 4 members (excludes halogenated alkanes) is 6. The molecule has 0 atom stereocenters. The molecule has 0 aromatic carbocycles. The van der Waals surface area contributed by atoms with Crippen molar-refractivity contribution in [1.82, 2.24) is 0 Å². The van der Waals surface area contributed by atoms with E-state index in [4.69, 9.17) is 14.2 Å². The summed E-state index contributed by atoms with van der Waals surface area (Å²) in [6, 6.07) is 0. The van der Waals surface area contributed by atoms with Gasteiger partial charge in [-0.2, -0.15) is 0 Å². The largest absolute Gasteiger partial charge is 0.466 e. The summed E-state index contributed by atoms with van der Waals surface area (Å²) < 4.78 is 15.3. The normalized spacial score (nSPS) is 11.2. The smallest absolute Gasteiger partial charge is 0.343 e. The highest BCUT2D eigenvalue weighted by Crippen LogP contribution is 2.24. The molecule has 0 fully saturated rings. The summed E-state index contributed by atoms with van der Waals surface area (Å²) in [6.07, 6.45) is 6.28. The molecule has 0 rings (SSSR count). The molecule has 0 unspecified atom stereocenters. The van der Waals surface area contributed by atoms with Gasteiger partial charge in [-0.1, -0.05) is 59.3 Å². The zero-order valence-electron chi connectivity index (χ0n) is 18.2. The van der Waals surface area contributed by atoms with Gasteiger partial charge in [-0.25, -0.2) is 9.68 Å². The van der Waals surface area contributed by atoms with Crippen molar-refractivity contribution >= 4 is 17.9 Å². The molecule has 0 saturated carbocycles. The number of rotatable bonds is 18. The van der Waals surface area contributed by atoms with Crippen molar-refractivity contribution in [3.63, 3.8) is 0 Å². The van der Waals surface area contributed by atoms with Gasteiger partial charge in [0, 0.05) is 0 Å². The Morgan fingerprint density at radius 1 is 0.655 bits per heavy atom. The monoisotopic (exact) mass is 418 g/mol. The molecule has 8 nitrogen and oxygen atoms in total. The van der Waals surface area contributed by atoms with Crippen molar-refractivity contribution in [3.8, 4) is 0 Å². The topological polar surface area (TPSA) is 108 Å². The maximum atomic E-state index is 12.6. The van der Waals surface area contributed by atoms with Crippen LogP contribution in [0.5, 0.6) is 0 Å². The van der Waals surface area contributed by atoms with Crippen LogP contribution >= 0.6 is 0 Å². The molecular formula is C21H38O8. The lowest BCUT2D eigenvalue weighted by molar-refractivity contribution is -0.320. The van der Waals surface area contributed by atoms with Gasteiger partial charge in [-0.05, 0) is 19.3 Å². The standard InChI is InChI=1S/C21H38O8/c1-4-7-10-13-26-18(22)16-21(29-25,20(24)28-15-12-9-6-3)17-19(23)27-14-11-8-5-2/h25H,4-17H2,1-3H3. The van der Waals surface area contributed by atoms with Crippen molar-refractivity contribution in [2.45, 2.75) is 97.0 Å². The molecule has 0 aromatic rings. The Bertz CT molecular complexity index is 438. The highest BCUT2D eigenvalue weighted by Gasteiger charge is 2.47. The Labute approximate surface area is 174 Å². The third kappa shape index (κ3) is 12.5. The fraction of sp³-hybridized carbons (Fsp3) is 0.857. The second kappa shape index (κ2) is 17.2. The Hall–Kier alpha value is -1.67. The second-order valence-electron chi connectivity index (χ2n) is 7.14. The molecule has 0 spiro atoms. The van der Waals surface area contributed by atoms with Crippen LogP contribution in [0.3, 0.4) is 0 Å². The van der Waals surface area contributed by atoms with Crippen LogP contribution in [0.15, 0.2) is 0 Å². The van der Waals surface area contributed by atoms with E-state index in [1.165, 1.54) is 0 Å². The molecule has 170 valence electrons. The molecule has 1 N–H and O–H groups in total. The van der Waals surface area contributed by atoms with Crippen molar-refractivity contribution in [2.24, 2.45) is 0 Å². The molecule has 29 heavy (non-hydrogen) atoms. The van der Waals surface area contributed by atoms with Gasteiger partial charge in [0.25, 0.3) is 0 Å². The third-order valence-corrected chi connectivity index (χ3v) is 4.41. The van der Waals surface area contributed by atoms with Gasteiger partial charge in [-0.3, -0.25) is 14.8 Å². The molecule has 0 aliphatic rings. The number of esters is 3. The number of hydrogen-bond acceptors (Lipinski definition) is 8. The van der Waals surface area contributed by atoms with Gasteiger partial charge < -0.3 is 14.2 Å². The molecule has 0 aromatic heterocycles. The Morgan fingerprint density at radius 2 is 1.03 bits per heavy atom. The van der Waals surface area contributed by atoms with Crippen LogP contribution in [0, 0.1) is 0 Å². The molecule has 0 heterocycles. The Kier molecular flexibility index (Phi) is 16.2. The quantitative estimate of drug-likeness (QED) is 0.116. The second-order valence-corrected chi connectivity index (χ2v) is 7.14. The molecule has 8 heteroatoms. The fourth-order valence-corrected chi connectivity index (χ4v) is 2.60. The van der Waals surface area contributed by atoms with Gasteiger partial charge in [0.15, 0.2) is 0 Å². The van der Waals surface area contributed by atoms with E-state index in [1.54, 1.807) is 0 Å². The zero-order chi connectivity index (χ0) is 22.0. The maximum absolute atomic E-state index is 12.6. The van der Waals surface area contributed by atoms with E-state index in [0.29, 0.717) is 19.3 Å². The predicted octanol–water partition coefficient (Wildman–Crippen LogP) is 4.20. The van der Waals surface area contributed by atoms with Gasteiger partial charge >= 0.3 is 17.9 Å². The van der Waals surface area contributed by atoms with Gasteiger partial charge in [0.05, 0.1) is 32.7 Å². The minimum atomic E-state index is -2.17. The molecule has 0 aliphatic heterocycles. The zero-order valence-corrected chi connectivity index (χ0v) is 18.2. The highest BCUT2D eigenvalue weighted by molar-refractivity contribution is 5.90. The third-order valence-electron chi connectivity index (χ3n) is 4.41. The van der Waals surface area contributed by atoms with Crippen molar-refractivity contribution in [1.29, 1.82) is 0 Å². The first-order valence-corrected chi connectivity index (χ1v) is 10.8. The van der Waals surface area contributed by atoms with Crippen molar-refractivity contribution in [3.05, 3.63) is 0 Å². The lowest BCUT2D eigenvalue weighted by Crippen LogP contribution is -2.47. The van der Waals surface area contributed by atoms with Crippen LogP contribution < -0.4 is 0 Å². The first-order chi connectivity index (χ1) is 14.0. The minimum Gasteiger partial charge on any atom is -0.466 e. The summed E-state index contributed by atoms with van der Waals surface area (Å²) in [5.74, 6) is -2.48. The summed E-state index contributed by atoms with van der Waals surface area (Å²) in [6.45, 7) is 6.55. The number of ether oxygens (including phenoxy) is 3. The van der Waals surface area contributed by atoms with Crippen LogP contribution in [-0.2, 0) is 33.5 Å². The molecule has 0 bridgehead atoms. The van der Waals surface area contributed by atoms with Gasteiger partial charge in [0.1, 0.15) is 0 Å². The Balaban J connectivity index is 4.98. The van der Waals surface area contributed by atoms with Crippen LogP contribution in [0.4, 0.5) is 0 Å². The van der Waals surface area contributed by atoms with Gasteiger partial charge in [0.2, 0.25) is 5.60 Å². The number of hydrogen-bond donors (Lipinski definition) is 1. The van der Waals surface area contributed by atoms with E-state index < -0.39 is 36.4 Å². The first-order valence-electron chi connectivity index (χ1n) is 10.8. The van der Waals surface area contributed by atoms with E-state index in [2.05, 4.69) is 4.89 Å². The molecular weight excluding hydrogens is 380 g/mol. The molecule has 0 aliphatic carbocycles. The van der Waals surface area contributed by atoms with E-state index in [0.717, 1.165) is 38.5 Å². The van der Waals surface area contributed by atoms with Crippen LogP contribution in [-0.4, -0.2) is 48.6 Å². The maximum Gasteiger partial charge on any atom is 0.343 e. The number of carbonyl (C=O) groups is 3. The van der Waals surface area contributed by atoms with Crippen molar-refractivity contribution in [2.75, 3.05) is 19.8 Å². The highest BCUT2D eigenvalue weighted by atomic mass is 17.1. The summed E-state index contributed by atoms with van der Waals surface area (Å²) >= 11 is 0. The average molecular weight is 419 g/mol. The lowest BCUT2D eigenvalue weighted by atomic mass is 9.95. The SMILES string of the molecule is CCCCCOC(=O)CC(CC(=O)OCCCCC)(OO)C(=O)OCCCCC.